The molecule has 0 bridgehead atoms. The number of hydrogen-bond donors (Lipinski definition) is 0. The van der Waals surface area contributed by atoms with Gasteiger partial charge in [0.1, 0.15) is 17.7 Å². The Morgan fingerprint density at radius 3 is 2.24 bits per heavy atom. The minimum absolute atomic E-state index is 0.0347. The average molecular weight is 595 g/mol. The molecule has 10 heteroatoms. The molecule has 3 aromatic rings. The quantitative estimate of drug-likeness (QED) is 0.324. The summed E-state index contributed by atoms with van der Waals surface area (Å²) in [6.45, 7) is 8.87. The lowest BCUT2D eigenvalue weighted by molar-refractivity contribution is -0.121. The van der Waals surface area contributed by atoms with Gasteiger partial charge in [-0.05, 0) is 48.7 Å². The minimum atomic E-state index is -0.537. The van der Waals surface area contributed by atoms with Crippen molar-refractivity contribution in [2.24, 2.45) is 4.99 Å². The summed E-state index contributed by atoms with van der Waals surface area (Å²) in [6, 6.07) is 13.5. The van der Waals surface area contributed by atoms with Crippen LogP contribution in [-0.4, -0.2) is 57.1 Å². The number of hydrogen-bond acceptors (Lipinski definition) is 6. The Morgan fingerprint density at radius 1 is 1.02 bits per heavy atom. The highest BCUT2D eigenvalue weighted by Gasteiger charge is 2.45. The van der Waals surface area contributed by atoms with Gasteiger partial charge in [0.25, 0.3) is 0 Å². The molecule has 8 nitrogen and oxygen atoms in total. The highest BCUT2D eigenvalue weighted by atomic mass is 35.5. The number of urea groups is 1. The van der Waals surface area contributed by atoms with Crippen LogP contribution in [0.15, 0.2) is 59.7 Å². The van der Waals surface area contributed by atoms with Gasteiger partial charge >= 0.3 is 6.03 Å². The first-order chi connectivity index (χ1) is 19.6. The predicted octanol–water partition coefficient (Wildman–Crippen LogP) is 6.81. The van der Waals surface area contributed by atoms with E-state index in [1.54, 1.807) is 28.1 Å². The molecule has 0 N–H and O–H groups in total. The van der Waals surface area contributed by atoms with E-state index in [-0.39, 0.29) is 23.8 Å². The monoisotopic (exact) mass is 593 g/mol. The van der Waals surface area contributed by atoms with Crippen molar-refractivity contribution in [2.75, 3.05) is 19.7 Å². The van der Waals surface area contributed by atoms with Gasteiger partial charge < -0.3 is 9.64 Å². The number of rotatable bonds is 5. The van der Waals surface area contributed by atoms with Gasteiger partial charge in [0.2, 0.25) is 5.88 Å². The maximum atomic E-state index is 14.4. The zero-order valence-electron chi connectivity index (χ0n) is 23.6. The number of halogens is 2. The maximum absolute atomic E-state index is 14.4. The van der Waals surface area contributed by atoms with Crippen LogP contribution in [-0.2, 0) is 10.2 Å². The molecule has 0 radical (unpaired) electrons. The van der Waals surface area contributed by atoms with Crippen molar-refractivity contribution in [1.82, 2.24) is 19.8 Å². The van der Waals surface area contributed by atoms with E-state index in [0.717, 1.165) is 11.1 Å². The molecule has 2 amide bonds. The summed E-state index contributed by atoms with van der Waals surface area (Å²) >= 11 is 12.5. The van der Waals surface area contributed by atoms with Gasteiger partial charge in [-0.2, -0.15) is 4.98 Å². The smallest absolute Gasteiger partial charge is 0.326 e. The van der Waals surface area contributed by atoms with E-state index in [1.807, 2.05) is 64.1 Å². The molecular formula is C31H33Cl2N5O3. The molecule has 214 valence electrons. The van der Waals surface area contributed by atoms with Gasteiger partial charge in [-0.15, -0.1) is 0 Å². The molecule has 0 aliphatic carbocycles. The fourth-order valence-electron chi connectivity index (χ4n) is 5.14. The van der Waals surface area contributed by atoms with Crippen LogP contribution in [0.2, 0.25) is 10.0 Å². The number of amides is 2. The zero-order chi connectivity index (χ0) is 29.3. The van der Waals surface area contributed by atoms with E-state index < -0.39 is 12.1 Å². The third-order valence-electron chi connectivity index (χ3n) is 7.16. The van der Waals surface area contributed by atoms with Crippen molar-refractivity contribution < 1.29 is 14.3 Å². The Hall–Kier alpha value is -3.49. The number of ketones is 1. The van der Waals surface area contributed by atoms with Crippen LogP contribution >= 0.6 is 23.2 Å². The summed E-state index contributed by atoms with van der Waals surface area (Å²) < 4.78 is 6.02. The molecule has 3 heterocycles. The van der Waals surface area contributed by atoms with Crippen LogP contribution in [0.3, 0.4) is 0 Å². The number of amidine groups is 1. The fraction of sp³-hybridized carbons (Fsp3) is 0.387. The molecule has 0 unspecified atom stereocenters. The van der Waals surface area contributed by atoms with Crippen molar-refractivity contribution in [3.63, 3.8) is 0 Å². The first-order valence-electron chi connectivity index (χ1n) is 13.8. The first-order valence-corrected chi connectivity index (χ1v) is 14.5. The van der Waals surface area contributed by atoms with Crippen LogP contribution < -0.4 is 4.74 Å². The Morgan fingerprint density at radius 2 is 1.66 bits per heavy atom. The zero-order valence-corrected chi connectivity index (χ0v) is 25.1. The van der Waals surface area contributed by atoms with Gasteiger partial charge in [0.05, 0.1) is 24.8 Å². The van der Waals surface area contributed by atoms with Gasteiger partial charge in [0.15, 0.2) is 5.78 Å². The molecule has 41 heavy (non-hydrogen) atoms. The summed E-state index contributed by atoms with van der Waals surface area (Å²) in [5.41, 5.74) is 1.91. The standard InChI is InChI=1S/C31H33Cl2N5O3/c1-5-41-28-24(17-34-29(36-28)31(2,3)4)27-35-25(19-8-12-21(32)13-9-19)26(20-10-14-22(33)15-11-20)38(27)30(40)37-16-6-7-23(39)18-37/h8-15,17,25-26H,5-7,16,18H2,1-4H3/t25-,26+/m0/s1. The Kier molecular flexibility index (Phi) is 8.34. The van der Waals surface area contributed by atoms with Gasteiger partial charge in [-0.25, -0.2) is 9.78 Å². The Labute approximate surface area is 250 Å². The molecule has 2 aliphatic rings. The molecule has 2 aromatic carbocycles. The molecular weight excluding hydrogens is 561 g/mol. The van der Waals surface area contributed by atoms with Crippen molar-refractivity contribution >= 4 is 40.9 Å². The highest BCUT2D eigenvalue weighted by Crippen LogP contribution is 2.45. The van der Waals surface area contributed by atoms with Gasteiger partial charge in [-0.3, -0.25) is 14.7 Å². The summed E-state index contributed by atoms with van der Waals surface area (Å²) in [4.78, 5) is 44.7. The van der Waals surface area contributed by atoms with Gasteiger partial charge in [0, 0.05) is 34.6 Å². The van der Waals surface area contributed by atoms with Crippen molar-refractivity contribution in [3.8, 4) is 5.88 Å². The molecule has 1 aromatic heterocycles. The molecule has 0 spiro atoms. The van der Waals surface area contributed by atoms with Gasteiger partial charge in [-0.1, -0.05) is 68.2 Å². The van der Waals surface area contributed by atoms with Crippen LogP contribution in [0.1, 0.15) is 75.1 Å². The number of carbonyl (C=O) groups excluding carboxylic acids is 2. The summed E-state index contributed by atoms with van der Waals surface area (Å²) in [5, 5.41) is 1.18. The Bertz CT molecular complexity index is 1470. The van der Waals surface area contributed by atoms with E-state index in [9.17, 15) is 9.59 Å². The molecule has 2 atom stereocenters. The summed E-state index contributed by atoms with van der Waals surface area (Å²) in [7, 11) is 0. The van der Waals surface area contributed by atoms with E-state index >= 15 is 0 Å². The predicted molar refractivity (Wildman–Crippen MR) is 160 cm³/mol. The summed E-state index contributed by atoms with van der Waals surface area (Å²) in [6.07, 6.45) is 2.77. The van der Waals surface area contributed by atoms with E-state index in [1.165, 1.54) is 0 Å². The lowest BCUT2D eigenvalue weighted by Gasteiger charge is -2.35. The number of aliphatic imine (C=N–C) groups is 1. The number of ether oxygens (including phenoxy) is 1. The molecule has 0 saturated carbocycles. The number of aromatic nitrogens is 2. The molecule has 1 fully saturated rings. The summed E-state index contributed by atoms with van der Waals surface area (Å²) in [5.74, 6) is 1.39. The van der Waals surface area contributed by atoms with E-state index in [2.05, 4.69) is 4.98 Å². The van der Waals surface area contributed by atoms with Crippen LogP contribution in [0.5, 0.6) is 5.88 Å². The average Bonchev–Trinajstić information content (AvgIpc) is 3.33. The lowest BCUT2D eigenvalue weighted by Crippen LogP contribution is -2.50. The Balaban J connectivity index is 1.71. The number of piperidine rings is 1. The lowest BCUT2D eigenvalue weighted by atomic mass is 9.93. The van der Waals surface area contributed by atoms with Crippen molar-refractivity contribution in [1.29, 1.82) is 0 Å². The normalized spacial score (nSPS) is 19.4. The second-order valence-corrected chi connectivity index (χ2v) is 12.1. The minimum Gasteiger partial charge on any atom is -0.477 e. The molecule has 1 saturated heterocycles. The molecule has 5 rings (SSSR count). The number of carbonyl (C=O) groups is 2. The van der Waals surface area contributed by atoms with E-state index in [0.29, 0.717) is 59.1 Å². The second kappa shape index (κ2) is 11.8. The van der Waals surface area contributed by atoms with Crippen molar-refractivity contribution in [2.45, 2.75) is 58.0 Å². The molecule has 2 aliphatic heterocycles. The van der Waals surface area contributed by atoms with Crippen LogP contribution in [0, 0.1) is 0 Å². The SMILES string of the molecule is CCOc1nc(C(C)(C)C)ncc1C1=N[C@@H](c2ccc(Cl)cc2)[C@@H](c2ccc(Cl)cc2)N1C(=O)N1CCCC(=O)C1. The third-order valence-corrected chi connectivity index (χ3v) is 7.67. The number of likely N-dealkylation sites (tertiary alicyclic amines) is 1. The topological polar surface area (TPSA) is 88.0 Å². The van der Waals surface area contributed by atoms with E-state index in [4.69, 9.17) is 37.9 Å². The number of nitrogens with zero attached hydrogens (tertiary/aromatic N) is 5. The third kappa shape index (κ3) is 6.09. The van der Waals surface area contributed by atoms with Crippen molar-refractivity contribution in [3.05, 3.63) is 87.3 Å². The second-order valence-electron chi connectivity index (χ2n) is 11.3. The number of Topliss-reactive ketones (excluding diaryl/α,β-unsaturated/α-hetero) is 1. The largest absolute Gasteiger partial charge is 0.477 e. The van der Waals surface area contributed by atoms with Crippen LogP contribution in [0.25, 0.3) is 0 Å². The maximum Gasteiger partial charge on any atom is 0.326 e. The number of benzene rings is 2. The van der Waals surface area contributed by atoms with Crippen LogP contribution in [0.4, 0.5) is 4.79 Å². The first kappa shape index (κ1) is 29.0. The fourth-order valence-corrected chi connectivity index (χ4v) is 5.39. The highest BCUT2D eigenvalue weighted by molar-refractivity contribution is 6.30.